The minimum atomic E-state index is -1.04. The summed E-state index contributed by atoms with van der Waals surface area (Å²) in [5.41, 5.74) is 1.11. The summed E-state index contributed by atoms with van der Waals surface area (Å²) in [6, 6.07) is 5.72. The Morgan fingerprint density at radius 3 is 2.95 bits per heavy atom. The Labute approximate surface area is 137 Å². The van der Waals surface area contributed by atoms with Crippen LogP contribution in [0.5, 0.6) is 5.75 Å². The van der Waals surface area contributed by atoms with E-state index >= 15 is 0 Å². The van der Waals surface area contributed by atoms with E-state index in [1.165, 1.54) is 4.90 Å². The third-order valence-corrected chi connectivity index (χ3v) is 3.98. The fourth-order valence-electron chi connectivity index (χ4n) is 2.15. The number of halogens is 1. The van der Waals surface area contributed by atoms with Crippen LogP contribution in [0.1, 0.15) is 12.0 Å². The minimum Gasteiger partial charge on any atom is -0.492 e. The molecule has 6 nitrogen and oxygen atoms in total. The fourth-order valence-corrected chi connectivity index (χ4v) is 2.76. The van der Waals surface area contributed by atoms with Crippen molar-refractivity contribution in [1.82, 2.24) is 4.90 Å². The second-order valence-corrected chi connectivity index (χ2v) is 5.92. The summed E-state index contributed by atoms with van der Waals surface area (Å²) in [4.78, 5) is 24.5. The Morgan fingerprint density at radius 2 is 2.27 bits per heavy atom. The number of aliphatic carboxylic acids is 1. The first kappa shape index (κ1) is 16.8. The van der Waals surface area contributed by atoms with Crippen molar-refractivity contribution >= 4 is 27.8 Å². The van der Waals surface area contributed by atoms with Gasteiger partial charge in [-0.2, -0.15) is 0 Å². The van der Waals surface area contributed by atoms with Gasteiger partial charge in [0, 0.05) is 6.54 Å². The Kier molecular flexibility index (Phi) is 5.79. The predicted octanol–water partition coefficient (Wildman–Crippen LogP) is 1.84. The molecule has 2 rings (SSSR count). The number of rotatable bonds is 5. The molecule has 1 fully saturated rings. The molecule has 1 aromatic carbocycles. The molecular weight excluding hydrogens is 354 g/mol. The maximum absolute atomic E-state index is 12.1. The number of hydrogen-bond acceptors (Lipinski definition) is 4. The molecule has 0 radical (unpaired) electrons. The number of hydrogen-bond donors (Lipinski definition) is 1. The van der Waals surface area contributed by atoms with Gasteiger partial charge in [0.15, 0.2) is 6.10 Å². The van der Waals surface area contributed by atoms with E-state index in [2.05, 4.69) is 15.9 Å². The van der Waals surface area contributed by atoms with E-state index in [4.69, 9.17) is 14.6 Å². The molecule has 0 saturated carbocycles. The van der Waals surface area contributed by atoms with E-state index in [9.17, 15) is 9.59 Å². The van der Waals surface area contributed by atoms with E-state index in [1.807, 2.05) is 25.1 Å². The first-order chi connectivity index (χ1) is 10.5. The van der Waals surface area contributed by atoms with Crippen LogP contribution in [0, 0.1) is 6.92 Å². The third kappa shape index (κ3) is 4.45. The van der Waals surface area contributed by atoms with Gasteiger partial charge in [0.2, 0.25) is 5.91 Å². The number of ether oxygens (including phenoxy) is 2. The van der Waals surface area contributed by atoms with Gasteiger partial charge in [-0.1, -0.05) is 6.07 Å². The smallest absolute Gasteiger partial charge is 0.334 e. The summed E-state index contributed by atoms with van der Waals surface area (Å²) >= 11 is 3.41. The number of aryl methyl sites for hydroxylation is 1. The van der Waals surface area contributed by atoms with Gasteiger partial charge in [-0.15, -0.1) is 0 Å². The number of benzene rings is 1. The van der Waals surface area contributed by atoms with Gasteiger partial charge in [-0.3, -0.25) is 4.79 Å². The molecule has 1 amide bonds. The Balaban J connectivity index is 1.81. The van der Waals surface area contributed by atoms with E-state index in [-0.39, 0.29) is 32.1 Å². The molecule has 1 heterocycles. The lowest BCUT2D eigenvalue weighted by Gasteiger charge is -2.30. The first-order valence-electron chi connectivity index (χ1n) is 6.98. The number of carboxylic acid groups (broad SMARTS) is 1. The zero-order valence-electron chi connectivity index (χ0n) is 12.3. The van der Waals surface area contributed by atoms with E-state index < -0.39 is 12.1 Å². The number of carbonyl (C=O) groups is 2. The van der Waals surface area contributed by atoms with Crippen LogP contribution < -0.4 is 4.74 Å². The average molecular weight is 372 g/mol. The standard InChI is InChI=1S/C15H18BrNO5/c1-10-2-3-12(11(16)8-10)21-6-4-14(18)17-5-7-22-13(9-17)15(19)20/h2-3,8,13H,4-7,9H2,1H3,(H,19,20)/t13-/m1/s1. The van der Waals surface area contributed by atoms with E-state index in [0.29, 0.717) is 12.3 Å². The molecular formula is C15H18BrNO5. The molecule has 0 spiro atoms. The van der Waals surface area contributed by atoms with Crippen LogP contribution in [0.4, 0.5) is 0 Å². The van der Waals surface area contributed by atoms with Gasteiger partial charge in [-0.25, -0.2) is 4.79 Å². The van der Waals surface area contributed by atoms with Crippen LogP contribution in [0.2, 0.25) is 0 Å². The summed E-state index contributed by atoms with van der Waals surface area (Å²) in [5, 5.41) is 8.92. The molecule has 1 N–H and O–H groups in total. The van der Waals surface area contributed by atoms with Crippen LogP contribution in [-0.2, 0) is 14.3 Å². The van der Waals surface area contributed by atoms with Gasteiger partial charge in [0.05, 0.1) is 30.7 Å². The van der Waals surface area contributed by atoms with Gasteiger partial charge in [-0.05, 0) is 40.5 Å². The van der Waals surface area contributed by atoms with Gasteiger partial charge >= 0.3 is 5.97 Å². The highest BCUT2D eigenvalue weighted by molar-refractivity contribution is 9.10. The molecule has 1 aromatic rings. The number of amides is 1. The Morgan fingerprint density at radius 1 is 1.50 bits per heavy atom. The molecule has 0 bridgehead atoms. The maximum Gasteiger partial charge on any atom is 0.334 e. The van der Waals surface area contributed by atoms with Crippen LogP contribution >= 0.6 is 15.9 Å². The molecule has 0 unspecified atom stereocenters. The third-order valence-electron chi connectivity index (χ3n) is 3.36. The van der Waals surface area contributed by atoms with Crippen molar-refractivity contribution in [1.29, 1.82) is 0 Å². The highest BCUT2D eigenvalue weighted by Gasteiger charge is 2.28. The quantitative estimate of drug-likeness (QED) is 0.854. The molecule has 1 aliphatic heterocycles. The van der Waals surface area contributed by atoms with Crippen molar-refractivity contribution in [2.24, 2.45) is 0 Å². The first-order valence-corrected chi connectivity index (χ1v) is 7.78. The number of carboxylic acids is 1. The molecule has 0 aromatic heterocycles. The fraction of sp³-hybridized carbons (Fsp3) is 0.467. The van der Waals surface area contributed by atoms with Crippen molar-refractivity contribution in [3.05, 3.63) is 28.2 Å². The molecule has 7 heteroatoms. The van der Waals surface area contributed by atoms with Crippen LogP contribution in [0.25, 0.3) is 0 Å². The number of carbonyl (C=O) groups excluding carboxylic acids is 1. The maximum atomic E-state index is 12.1. The molecule has 120 valence electrons. The second kappa shape index (κ2) is 7.60. The topological polar surface area (TPSA) is 76.1 Å². The molecule has 1 aliphatic rings. The van der Waals surface area contributed by atoms with E-state index in [1.54, 1.807) is 0 Å². The highest BCUT2D eigenvalue weighted by Crippen LogP contribution is 2.25. The number of morpholine rings is 1. The number of nitrogens with zero attached hydrogens (tertiary/aromatic N) is 1. The van der Waals surface area contributed by atoms with Gasteiger partial charge in [0.1, 0.15) is 5.75 Å². The lowest BCUT2D eigenvalue weighted by molar-refractivity contribution is -0.159. The summed E-state index contributed by atoms with van der Waals surface area (Å²) in [5.74, 6) is -0.487. The normalized spacial score (nSPS) is 18.1. The largest absolute Gasteiger partial charge is 0.492 e. The summed E-state index contributed by atoms with van der Waals surface area (Å²) < 4.78 is 11.5. The Bertz CT molecular complexity index is 563. The summed E-state index contributed by atoms with van der Waals surface area (Å²) in [6.45, 7) is 2.97. The summed E-state index contributed by atoms with van der Waals surface area (Å²) in [6.07, 6.45) is -0.739. The molecule has 1 saturated heterocycles. The lowest BCUT2D eigenvalue weighted by atomic mass is 10.2. The molecule has 22 heavy (non-hydrogen) atoms. The van der Waals surface area contributed by atoms with Gasteiger partial charge < -0.3 is 19.5 Å². The van der Waals surface area contributed by atoms with Crippen molar-refractivity contribution < 1.29 is 24.2 Å². The molecule has 1 atom stereocenters. The lowest BCUT2D eigenvalue weighted by Crippen LogP contribution is -2.48. The van der Waals surface area contributed by atoms with Crippen molar-refractivity contribution in [2.75, 3.05) is 26.3 Å². The SMILES string of the molecule is Cc1ccc(OCCC(=O)N2CCO[C@@H](C(=O)O)C2)c(Br)c1. The van der Waals surface area contributed by atoms with Crippen LogP contribution in [-0.4, -0.2) is 54.3 Å². The van der Waals surface area contributed by atoms with Crippen LogP contribution in [0.3, 0.4) is 0 Å². The molecule has 0 aliphatic carbocycles. The zero-order valence-corrected chi connectivity index (χ0v) is 13.8. The van der Waals surface area contributed by atoms with Gasteiger partial charge in [0.25, 0.3) is 0 Å². The van der Waals surface area contributed by atoms with Crippen LogP contribution in [0.15, 0.2) is 22.7 Å². The highest BCUT2D eigenvalue weighted by atomic mass is 79.9. The second-order valence-electron chi connectivity index (χ2n) is 5.07. The van der Waals surface area contributed by atoms with Crippen molar-refractivity contribution in [2.45, 2.75) is 19.4 Å². The van der Waals surface area contributed by atoms with Crippen molar-refractivity contribution in [3.8, 4) is 5.75 Å². The van der Waals surface area contributed by atoms with Crippen molar-refractivity contribution in [3.63, 3.8) is 0 Å². The zero-order chi connectivity index (χ0) is 16.1. The van der Waals surface area contributed by atoms with E-state index in [0.717, 1.165) is 10.0 Å². The average Bonchev–Trinajstić information content (AvgIpc) is 2.49. The summed E-state index contributed by atoms with van der Waals surface area (Å²) in [7, 11) is 0. The minimum absolute atomic E-state index is 0.0857. The monoisotopic (exact) mass is 371 g/mol. The Hall–Kier alpha value is -1.60. The predicted molar refractivity (Wildman–Crippen MR) is 82.9 cm³/mol.